The molecule has 1 N–H and O–H groups in total. The van der Waals surface area contributed by atoms with E-state index >= 15 is 0 Å². The molecule has 0 saturated carbocycles. The van der Waals surface area contributed by atoms with E-state index in [1.807, 2.05) is 17.5 Å². The molecule has 0 radical (unpaired) electrons. The summed E-state index contributed by atoms with van der Waals surface area (Å²) < 4.78 is 5.47. The number of thiophene rings is 1. The minimum Gasteiger partial charge on any atom is -0.495 e. The van der Waals surface area contributed by atoms with Gasteiger partial charge in [0.1, 0.15) is 5.75 Å². The summed E-state index contributed by atoms with van der Waals surface area (Å²) >= 11 is 1.64. The van der Waals surface area contributed by atoms with Crippen molar-refractivity contribution in [3.8, 4) is 5.75 Å². The number of ether oxygens (including phenoxy) is 1. The van der Waals surface area contributed by atoms with Crippen molar-refractivity contribution in [1.29, 1.82) is 0 Å². The minimum atomic E-state index is 0.770. The van der Waals surface area contributed by atoms with E-state index in [-0.39, 0.29) is 0 Å². The van der Waals surface area contributed by atoms with Gasteiger partial charge in [-0.05, 0) is 36.1 Å². The fraction of sp³-hybridized carbons (Fsp3) is 0.421. The molecule has 6 heteroatoms. The number of aryl methyl sites for hydroxylation is 1. The van der Waals surface area contributed by atoms with E-state index in [2.05, 4.69) is 40.1 Å². The third kappa shape index (κ3) is 4.14. The molecule has 134 valence electrons. The summed E-state index contributed by atoms with van der Waals surface area (Å²) in [5, 5.41) is 14.9. The van der Waals surface area contributed by atoms with Gasteiger partial charge in [-0.1, -0.05) is 17.3 Å². The molecule has 0 amide bonds. The number of hydrogen-bond acceptors (Lipinski definition) is 6. The van der Waals surface area contributed by atoms with Gasteiger partial charge in [-0.3, -0.25) is 4.90 Å². The van der Waals surface area contributed by atoms with E-state index in [0.717, 1.165) is 61.2 Å². The SMILES string of the molecule is COc1ccccc1N1CCN(CC/C(=N\O)c2sccc2C)CC1. The van der Waals surface area contributed by atoms with E-state index < -0.39 is 0 Å². The first kappa shape index (κ1) is 17.8. The Bertz CT molecular complexity index is 721. The van der Waals surface area contributed by atoms with Crippen molar-refractivity contribution in [2.45, 2.75) is 13.3 Å². The third-order valence-corrected chi connectivity index (χ3v) is 5.77. The average Bonchev–Trinajstić information content (AvgIpc) is 3.09. The van der Waals surface area contributed by atoms with Crippen LogP contribution >= 0.6 is 11.3 Å². The predicted molar refractivity (Wildman–Crippen MR) is 104 cm³/mol. The van der Waals surface area contributed by atoms with Crippen LogP contribution in [0.4, 0.5) is 5.69 Å². The Morgan fingerprint density at radius 3 is 2.60 bits per heavy atom. The topological polar surface area (TPSA) is 48.3 Å². The van der Waals surface area contributed by atoms with Crippen LogP contribution in [0, 0.1) is 6.92 Å². The standard InChI is InChI=1S/C19H25N3O2S/c1-15-8-14-25-19(15)16(20-23)7-9-21-10-12-22(13-11-21)17-5-3-4-6-18(17)24-2/h3-6,8,14,23H,7,9-13H2,1-2H3/b20-16+. The Labute approximate surface area is 153 Å². The van der Waals surface area contributed by atoms with Crippen LogP contribution in [0.1, 0.15) is 16.9 Å². The van der Waals surface area contributed by atoms with Gasteiger partial charge < -0.3 is 14.8 Å². The Morgan fingerprint density at radius 1 is 1.20 bits per heavy atom. The number of rotatable bonds is 6. The lowest BCUT2D eigenvalue weighted by Gasteiger charge is -2.36. The van der Waals surface area contributed by atoms with Gasteiger partial charge in [-0.25, -0.2) is 0 Å². The van der Waals surface area contributed by atoms with Crippen molar-refractivity contribution in [3.05, 3.63) is 46.2 Å². The van der Waals surface area contributed by atoms with Crippen molar-refractivity contribution in [2.75, 3.05) is 44.7 Å². The maximum atomic E-state index is 9.35. The molecule has 1 aromatic heterocycles. The minimum absolute atomic E-state index is 0.770. The van der Waals surface area contributed by atoms with Crippen molar-refractivity contribution < 1.29 is 9.94 Å². The molecule has 1 fully saturated rings. The first-order valence-corrected chi connectivity index (χ1v) is 9.46. The van der Waals surface area contributed by atoms with Crippen molar-refractivity contribution >= 4 is 22.7 Å². The number of para-hydroxylation sites is 2. The zero-order chi connectivity index (χ0) is 17.6. The molecule has 2 aromatic rings. The summed E-state index contributed by atoms with van der Waals surface area (Å²) in [5.74, 6) is 0.929. The number of piperazine rings is 1. The van der Waals surface area contributed by atoms with Crippen LogP contribution in [0.5, 0.6) is 5.75 Å². The predicted octanol–water partition coefficient (Wildman–Crippen LogP) is 3.46. The normalized spacial score (nSPS) is 16.2. The Hall–Kier alpha value is -2.05. The van der Waals surface area contributed by atoms with Gasteiger partial charge in [0.2, 0.25) is 0 Å². The average molecular weight is 359 g/mol. The summed E-state index contributed by atoms with van der Waals surface area (Å²) in [6, 6.07) is 10.2. The maximum Gasteiger partial charge on any atom is 0.142 e. The van der Waals surface area contributed by atoms with E-state index in [4.69, 9.17) is 4.74 Å². The molecular weight excluding hydrogens is 334 g/mol. The zero-order valence-electron chi connectivity index (χ0n) is 14.8. The largest absolute Gasteiger partial charge is 0.495 e. The van der Waals surface area contributed by atoms with Gasteiger partial charge in [0, 0.05) is 39.1 Å². The molecule has 0 unspecified atom stereocenters. The van der Waals surface area contributed by atoms with Gasteiger partial charge in [-0.2, -0.15) is 0 Å². The molecular formula is C19H25N3O2S. The van der Waals surface area contributed by atoms with Crippen LogP contribution in [0.15, 0.2) is 40.9 Å². The van der Waals surface area contributed by atoms with Crippen molar-refractivity contribution in [1.82, 2.24) is 4.90 Å². The van der Waals surface area contributed by atoms with E-state index in [1.165, 1.54) is 5.56 Å². The monoisotopic (exact) mass is 359 g/mol. The quantitative estimate of drug-likeness (QED) is 0.487. The van der Waals surface area contributed by atoms with E-state index in [9.17, 15) is 5.21 Å². The summed E-state index contributed by atoms with van der Waals surface area (Å²) in [4.78, 5) is 5.90. The van der Waals surface area contributed by atoms with Gasteiger partial charge >= 0.3 is 0 Å². The van der Waals surface area contributed by atoms with Crippen molar-refractivity contribution in [3.63, 3.8) is 0 Å². The van der Waals surface area contributed by atoms with Gasteiger partial charge in [0.15, 0.2) is 0 Å². The third-order valence-electron chi connectivity index (χ3n) is 4.71. The molecule has 3 rings (SSSR count). The highest BCUT2D eigenvalue weighted by Crippen LogP contribution is 2.28. The number of hydrogen-bond donors (Lipinski definition) is 1. The first-order chi connectivity index (χ1) is 12.2. The Kier molecular flexibility index (Phi) is 5.94. The molecule has 0 bridgehead atoms. The van der Waals surface area contributed by atoms with Crippen LogP contribution in [0.3, 0.4) is 0 Å². The van der Waals surface area contributed by atoms with Crippen molar-refractivity contribution in [2.24, 2.45) is 5.16 Å². The highest BCUT2D eigenvalue weighted by molar-refractivity contribution is 7.12. The summed E-state index contributed by atoms with van der Waals surface area (Å²) in [5.41, 5.74) is 3.13. The lowest BCUT2D eigenvalue weighted by Crippen LogP contribution is -2.47. The number of benzene rings is 1. The molecule has 2 heterocycles. The molecule has 5 nitrogen and oxygen atoms in total. The second kappa shape index (κ2) is 8.36. The molecule has 0 spiro atoms. The van der Waals surface area contributed by atoms with Gasteiger partial charge in [-0.15, -0.1) is 11.3 Å². The molecule has 0 atom stereocenters. The van der Waals surface area contributed by atoms with E-state index in [1.54, 1.807) is 18.4 Å². The fourth-order valence-corrected chi connectivity index (χ4v) is 4.19. The first-order valence-electron chi connectivity index (χ1n) is 8.58. The van der Waals surface area contributed by atoms with Crippen LogP contribution in [-0.2, 0) is 0 Å². The molecule has 0 aliphatic carbocycles. The fourth-order valence-electron chi connectivity index (χ4n) is 3.24. The smallest absolute Gasteiger partial charge is 0.142 e. The zero-order valence-corrected chi connectivity index (χ0v) is 15.6. The van der Waals surface area contributed by atoms with Gasteiger partial charge in [0.25, 0.3) is 0 Å². The maximum absolute atomic E-state index is 9.35. The molecule has 1 saturated heterocycles. The number of oxime groups is 1. The molecule has 25 heavy (non-hydrogen) atoms. The molecule has 1 aromatic carbocycles. The Balaban J connectivity index is 1.54. The molecule has 1 aliphatic rings. The van der Waals surface area contributed by atoms with E-state index in [0.29, 0.717) is 0 Å². The summed E-state index contributed by atoms with van der Waals surface area (Å²) in [6.45, 7) is 6.92. The summed E-state index contributed by atoms with van der Waals surface area (Å²) in [7, 11) is 1.72. The summed E-state index contributed by atoms with van der Waals surface area (Å²) in [6.07, 6.45) is 0.770. The number of nitrogens with zero attached hydrogens (tertiary/aromatic N) is 3. The van der Waals surface area contributed by atoms with Crippen LogP contribution in [-0.4, -0.2) is 55.7 Å². The lowest BCUT2D eigenvalue weighted by molar-refractivity contribution is 0.262. The number of anilines is 1. The second-order valence-corrected chi connectivity index (χ2v) is 7.15. The van der Waals surface area contributed by atoms with Crippen LogP contribution in [0.2, 0.25) is 0 Å². The van der Waals surface area contributed by atoms with Gasteiger partial charge in [0.05, 0.1) is 23.4 Å². The van der Waals surface area contributed by atoms with Crippen LogP contribution < -0.4 is 9.64 Å². The molecule has 1 aliphatic heterocycles. The highest BCUT2D eigenvalue weighted by Gasteiger charge is 2.20. The van der Waals surface area contributed by atoms with Crippen LogP contribution in [0.25, 0.3) is 0 Å². The Morgan fingerprint density at radius 2 is 1.96 bits per heavy atom. The highest BCUT2D eigenvalue weighted by atomic mass is 32.1. The number of methoxy groups -OCH3 is 1. The lowest BCUT2D eigenvalue weighted by atomic mass is 10.1. The second-order valence-electron chi connectivity index (χ2n) is 6.23.